The zero-order valence-electron chi connectivity index (χ0n) is 15.0. The van der Waals surface area contributed by atoms with Gasteiger partial charge in [-0.3, -0.25) is 4.79 Å². The summed E-state index contributed by atoms with van der Waals surface area (Å²) >= 11 is 0. The predicted octanol–water partition coefficient (Wildman–Crippen LogP) is 1.22. The minimum absolute atomic E-state index is 0.0190. The topological polar surface area (TPSA) is 107 Å². The first-order chi connectivity index (χ1) is 13.4. The molecular formula is C18H18FN5O3S. The van der Waals surface area contributed by atoms with E-state index in [1.54, 1.807) is 37.4 Å². The lowest BCUT2D eigenvalue weighted by atomic mass is 10.1. The Hall–Kier alpha value is -3.14. The number of aromatic nitrogens is 4. The van der Waals surface area contributed by atoms with Crippen LogP contribution in [0.4, 0.5) is 4.39 Å². The minimum atomic E-state index is -3.86. The van der Waals surface area contributed by atoms with Gasteiger partial charge in [0.25, 0.3) is 0 Å². The highest BCUT2D eigenvalue weighted by Gasteiger charge is 2.29. The monoisotopic (exact) mass is 403 g/mol. The molecule has 0 aliphatic carbocycles. The SMILES string of the molecule is Cn1nnnc1CC(=O)NCC(c1ccccc1)S(=O)(=O)c1ccc(F)cc1. The smallest absolute Gasteiger partial charge is 0.227 e. The first kappa shape index (κ1) is 19.6. The van der Waals surface area contributed by atoms with Gasteiger partial charge in [0, 0.05) is 13.6 Å². The van der Waals surface area contributed by atoms with Crippen molar-refractivity contribution in [2.75, 3.05) is 6.54 Å². The van der Waals surface area contributed by atoms with Crippen LogP contribution in [0.5, 0.6) is 0 Å². The molecule has 28 heavy (non-hydrogen) atoms. The standard InChI is InChI=1S/C18H18FN5O3S/c1-24-17(21-22-23-24)11-18(25)20-12-16(13-5-3-2-4-6-13)28(26,27)15-9-7-14(19)8-10-15/h2-10,16H,11-12H2,1H3,(H,20,25). The van der Waals surface area contributed by atoms with E-state index < -0.39 is 26.8 Å². The molecule has 10 heteroatoms. The van der Waals surface area contributed by atoms with Crippen molar-refractivity contribution >= 4 is 15.7 Å². The molecule has 1 N–H and O–H groups in total. The van der Waals surface area contributed by atoms with Gasteiger partial charge >= 0.3 is 0 Å². The normalized spacial score (nSPS) is 12.5. The molecule has 0 saturated heterocycles. The Morgan fingerprint density at radius 2 is 1.82 bits per heavy atom. The number of sulfone groups is 1. The molecule has 0 bridgehead atoms. The van der Waals surface area contributed by atoms with E-state index in [1.807, 2.05) is 0 Å². The molecule has 1 heterocycles. The summed E-state index contributed by atoms with van der Waals surface area (Å²) in [6.45, 7) is -0.145. The third-order valence-corrected chi connectivity index (χ3v) is 6.32. The van der Waals surface area contributed by atoms with Crippen molar-refractivity contribution in [1.82, 2.24) is 25.5 Å². The van der Waals surface area contributed by atoms with Gasteiger partial charge in [0.2, 0.25) is 5.91 Å². The largest absolute Gasteiger partial charge is 0.354 e. The Morgan fingerprint density at radius 3 is 2.43 bits per heavy atom. The maximum atomic E-state index is 13.2. The van der Waals surface area contributed by atoms with Gasteiger partial charge < -0.3 is 5.32 Å². The molecule has 2 aromatic carbocycles. The van der Waals surface area contributed by atoms with Crippen LogP contribution in [0.25, 0.3) is 0 Å². The van der Waals surface area contributed by atoms with Crippen LogP contribution in [0.1, 0.15) is 16.6 Å². The fourth-order valence-electron chi connectivity index (χ4n) is 2.67. The Labute approximate surface area is 161 Å². The number of amides is 1. The van der Waals surface area contributed by atoms with Crippen LogP contribution in [0, 0.1) is 5.82 Å². The number of aryl methyl sites for hydroxylation is 1. The van der Waals surface area contributed by atoms with Gasteiger partial charge in [0.1, 0.15) is 11.1 Å². The van der Waals surface area contributed by atoms with E-state index in [2.05, 4.69) is 20.8 Å². The van der Waals surface area contributed by atoms with Gasteiger partial charge in [-0.1, -0.05) is 30.3 Å². The molecule has 1 atom stereocenters. The molecule has 1 unspecified atom stereocenters. The fourth-order valence-corrected chi connectivity index (χ4v) is 4.34. The van der Waals surface area contributed by atoms with Crippen LogP contribution in [0.2, 0.25) is 0 Å². The first-order valence-corrected chi connectivity index (χ1v) is 9.95. The van der Waals surface area contributed by atoms with Crippen molar-refractivity contribution in [3.8, 4) is 0 Å². The molecule has 1 amide bonds. The summed E-state index contributed by atoms with van der Waals surface area (Å²) in [7, 11) is -2.26. The lowest BCUT2D eigenvalue weighted by molar-refractivity contribution is -0.120. The zero-order valence-corrected chi connectivity index (χ0v) is 15.8. The number of nitrogens with one attached hydrogen (secondary N) is 1. The van der Waals surface area contributed by atoms with Gasteiger partial charge in [0.05, 0.1) is 11.3 Å². The quantitative estimate of drug-likeness (QED) is 0.595. The summed E-state index contributed by atoms with van der Waals surface area (Å²) in [6, 6.07) is 13.2. The average Bonchev–Trinajstić information content (AvgIpc) is 3.07. The second-order valence-electron chi connectivity index (χ2n) is 6.10. The number of hydrogen-bond acceptors (Lipinski definition) is 6. The molecule has 3 aromatic rings. The summed E-state index contributed by atoms with van der Waals surface area (Å²) < 4.78 is 40.8. The second-order valence-corrected chi connectivity index (χ2v) is 8.23. The molecule has 0 saturated carbocycles. The maximum absolute atomic E-state index is 13.2. The molecule has 8 nitrogen and oxygen atoms in total. The zero-order chi connectivity index (χ0) is 20.1. The van der Waals surface area contributed by atoms with E-state index in [9.17, 15) is 17.6 Å². The molecular weight excluding hydrogens is 385 g/mol. The van der Waals surface area contributed by atoms with Crippen LogP contribution in [-0.4, -0.2) is 41.1 Å². The molecule has 0 spiro atoms. The highest BCUT2D eigenvalue weighted by Crippen LogP contribution is 2.28. The van der Waals surface area contributed by atoms with Gasteiger partial charge in [0.15, 0.2) is 15.7 Å². The predicted molar refractivity (Wildman–Crippen MR) is 98.3 cm³/mol. The molecule has 3 rings (SSSR count). The van der Waals surface area contributed by atoms with E-state index in [0.717, 1.165) is 12.1 Å². The molecule has 1 aromatic heterocycles. The van der Waals surface area contributed by atoms with E-state index in [4.69, 9.17) is 0 Å². The third kappa shape index (κ3) is 4.39. The maximum Gasteiger partial charge on any atom is 0.227 e. The van der Waals surface area contributed by atoms with E-state index in [0.29, 0.717) is 11.4 Å². The first-order valence-electron chi connectivity index (χ1n) is 8.40. The Balaban J connectivity index is 1.83. The highest BCUT2D eigenvalue weighted by molar-refractivity contribution is 7.91. The van der Waals surface area contributed by atoms with Gasteiger partial charge in [-0.25, -0.2) is 17.5 Å². The number of tetrazole rings is 1. The molecule has 146 valence electrons. The molecule has 0 fully saturated rings. The van der Waals surface area contributed by atoms with Crippen molar-refractivity contribution in [3.05, 3.63) is 71.8 Å². The van der Waals surface area contributed by atoms with Crippen molar-refractivity contribution in [3.63, 3.8) is 0 Å². The number of rotatable bonds is 7. The van der Waals surface area contributed by atoms with Crippen LogP contribution >= 0.6 is 0 Å². The number of nitrogens with zero attached hydrogens (tertiary/aromatic N) is 4. The Morgan fingerprint density at radius 1 is 1.14 bits per heavy atom. The number of benzene rings is 2. The van der Waals surface area contributed by atoms with Crippen molar-refractivity contribution in [2.45, 2.75) is 16.6 Å². The summed E-state index contributed by atoms with van der Waals surface area (Å²) in [5, 5.41) is 12.4. The van der Waals surface area contributed by atoms with Crippen molar-refractivity contribution < 1.29 is 17.6 Å². The van der Waals surface area contributed by atoms with E-state index in [1.165, 1.54) is 16.8 Å². The fraction of sp³-hybridized carbons (Fsp3) is 0.222. The summed E-state index contributed by atoms with van der Waals surface area (Å²) in [5.74, 6) is -0.580. The summed E-state index contributed by atoms with van der Waals surface area (Å²) in [4.78, 5) is 12.2. The summed E-state index contributed by atoms with van der Waals surface area (Å²) in [5.41, 5.74) is 0.521. The van der Waals surface area contributed by atoms with Crippen molar-refractivity contribution in [1.29, 1.82) is 0 Å². The Kier molecular flexibility index (Phi) is 5.78. The van der Waals surface area contributed by atoms with E-state index >= 15 is 0 Å². The van der Waals surface area contributed by atoms with Gasteiger partial charge in [-0.15, -0.1) is 5.10 Å². The van der Waals surface area contributed by atoms with Crippen LogP contribution in [0.15, 0.2) is 59.5 Å². The molecule has 0 aliphatic heterocycles. The molecule has 0 radical (unpaired) electrons. The van der Waals surface area contributed by atoms with E-state index in [-0.39, 0.29) is 17.9 Å². The Bertz CT molecular complexity index is 1050. The number of halogens is 1. The summed E-state index contributed by atoms with van der Waals surface area (Å²) in [6.07, 6.45) is -0.0817. The molecule has 0 aliphatic rings. The number of carbonyl (C=O) groups excluding carboxylic acids is 1. The lowest BCUT2D eigenvalue weighted by Crippen LogP contribution is -2.33. The minimum Gasteiger partial charge on any atom is -0.354 e. The third-order valence-electron chi connectivity index (χ3n) is 4.20. The lowest BCUT2D eigenvalue weighted by Gasteiger charge is -2.19. The van der Waals surface area contributed by atoms with Crippen LogP contribution in [-0.2, 0) is 28.1 Å². The average molecular weight is 403 g/mol. The van der Waals surface area contributed by atoms with Gasteiger partial charge in [-0.05, 0) is 40.3 Å². The number of carbonyl (C=O) groups is 1. The van der Waals surface area contributed by atoms with Gasteiger partial charge in [-0.2, -0.15) is 0 Å². The van der Waals surface area contributed by atoms with Crippen LogP contribution < -0.4 is 5.32 Å². The number of hydrogen-bond donors (Lipinski definition) is 1. The second kappa shape index (κ2) is 8.26. The van der Waals surface area contributed by atoms with Crippen molar-refractivity contribution in [2.24, 2.45) is 7.05 Å². The highest BCUT2D eigenvalue weighted by atomic mass is 32.2. The van der Waals surface area contributed by atoms with Crippen LogP contribution in [0.3, 0.4) is 0 Å².